The molecule has 12 nitrogen and oxygen atoms in total. The van der Waals surface area contributed by atoms with Crippen molar-refractivity contribution in [2.45, 2.75) is 31.6 Å². The molecule has 3 N–H and O–H groups in total. The Balaban J connectivity index is 1.44. The number of non-ortho nitro benzene ring substituents is 1. The monoisotopic (exact) mass is 555 g/mol. The number of nitrogens with one attached hydrogen (secondary N) is 3. The Bertz CT molecular complexity index is 1480. The number of carbonyl (C=O) groups is 1. The maximum atomic E-state index is 13.0. The fourth-order valence-corrected chi connectivity index (χ4v) is 5.21. The number of nitro groups is 1. The number of nitrogens with zero attached hydrogens (tertiary/aromatic N) is 4. The molecule has 2 heterocycles. The summed E-state index contributed by atoms with van der Waals surface area (Å²) in [7, 11) is -3.94. The minimum absolute atomic E-state index is 0.0207. The van der Waals surface area contributed by atoms with E-state index in [0.717, 1.165) is 25.9 Å². The second-order valence-electron chi connectivity index (χ2n) is 8.67. The lowest BCUT2D eigenvalue weighted by Gasteiger charge is -2.21. The lowest BCUT2D eigenvalue weighted by molar-refractivity contribution is -0.384. The molecule has 0 spiro atoms. The van der Waals surface area contributed by atoms with E-state index in [4.69, 9.17) is 12.2 Å². The van der Waals surface area contributed by atoms with Crippen LogP contribution in [0.3, 0.4) is 0 Å². The number of aromatic nitrogens is 2. The number of thiocarbonyl (C=S) groups is 1. The van der Waals surface area contributed by atoms with Gasteiger partial charge in [0.15, 0.2) is 5.11 Å². The quantitative estimate of drug-likeness (QED) is 0.224. The minimum atomic E-state index is -3.94. The van der Waals surface area contributed by atoms with Crippen LogP contribution in [0.25, 0.3) is 0 Å². The van der Waals surface area contributed by atoms with Gasteiger partial charge in [-0.25, -0.2) is 23.1 Å². The standard InChI is InChI=1S/C24H25N7O5S2/c1-15-13-16(2)26-23(25-15)29-38(35,36)19-8-5-17(6-9-19)27-24(37)28-22(32)20-14-18(31(33)34)7-10-21(20)30-11-3-4-12-30/h5-10,13-14H,3-4,11-12H2,1-2H3,(H,25,26,29)(H2,27,28,32,37). The fourth-order valence-electron chi connectivity index (χ4n) is 4.05. The van der Waals surface area contributed by atoms with Crippen LogP contribution in [0.2, 0.25) is 0 Å². The fraction of sp³-hybridized carbons (Fsp3) is 0.250. The van der Waals surface area contributed by atoms with E-state index >= 15 is 0 Å². The van der Waals surface area contributed by atoms with Crippen LogP contribution in [-0.2, 0) is 10.0 Å². The minimum Gasteiger partial charge on any atom is -0.371 e. The van der Waals surface area contributed by atoms with Gasteiger partial charge in [-0.3, -0.25) is 20.2 Å². The van der Waals surface area contributed by atoms with Crippen LogP contribution in [0.5, 0.6) is 0 Å². The highest BCUT2D eigenvalue weighted by Crippen LogP contribution is 2.28. The van der Waals surface area contributed by atoms with Crippen molar-refractivity contribution in [3.8, 4) is 0 Å². The number of benzene rings is 2. The number of sulfonamides is 1. The molecule has 0 unspecified atom stereocenters. The van der Waals surface area contributed by atoms with Gasteiger partial charge in [0.25, 0.3) is 21.6 Å². The number of hydrogen-bond donors (Lipinski definition) is 3. The summed E-state index contributed by atoms with van der Waals surface area (Å²) in [4.78, 5) is 33.9. The molecule has 1 saturated heterocycles. The topological polar surface area (TPSA) is 159 Å². The van der Waals surface area contributed by atoms with Gasteiger partial charge in [-0.1, -0.05) is 0 Å². The molecule has 0 saturated carbocycles. The lowest BCUT2D eigenvalue weighted by Crippen LogP contribution is -2.35. The molecule has 14 heteroatoms. The molecule has 0 radical (unpaired) electrons. The van der Waals surface area contributed by atoms with Gasteiger partial charge in [0.1, 0.15) is 0 Å². The van der Waals surface area contributed by atoms with Crippen LogP contribution in [0, 0.1) is 24.0 Å². The second kappa shape index (κ2) is 11.1. The van der Waals surface area contributed by atoms with Crippen molar-refractivity contribution < 1.29 is 18.1 Å². The van der Waals surface area contributed by atoms with Crippen LogP contribution in [0.1, 0.15) is 34.6 Å². The molecule has 1 aliphatic heterocycles. The summed E-state index contributed by atoms with van der Waals surface area (Å²) in [6.07, 6.45) is 1.94. The maximum absolute atomic E-state index is 13.0. The zero-order chi connectivity index (χ0) is 27.4. The molecule has 1 aromatic heterocycles. The number of amides is 1. The number of carbonyl (C=O) groups excluding carboxylic acids is 1. The molecule has 198 valence electrons. The average molecular weight is 556 g/mol. The van der Waals surface area contributed by atoms with Crippen LogP contribution in [0.15, 0.2) is 53.4 Å². The van der Waals surface area contributed by atoms with Gasteiger partial charge in [-0.2, -0.15) is 0 Å². The van der Waals surface area contributed by atoms with Gasteiger partial charge in [-0.15, -0.1) is 0 Å². The van der Waals surface area contributed by atoms with E-state index in [0.29, 0.717) is 22.8 Å². The first kappa shape index (κ1) is 26.9. The SMILES string of the molecule is Cc1cc(C)nc(NS(=O)(=O)c2ccc(NC(=S)NC(=O)c3cc([N+](=O)[O-])ccc3N3CCCC3)cc2)n1. The number of nitro benzene ring substituents is 1. The molecule has 2 aromatic carbocycles. The van der Waals surface area contributed by atoms with E-state index in [1.165, 1.54) is 36.4 Å². The zero-order valence-corrected chi connectivity index (χ0v) is 22.2. The molecule has 4 rings (SSSR count). The van der Waals surface area contributed by atoms with Crippen molar-refractivity contribution >= 4 is 56.3 Å². The molecule has 0 aliphatic carbocycles. The Hall–Kier alpha value is -4.17. The van der Waals surface area contributed by atoms with Crippen LogP contribution >= 0.6 is 12.2 Å². The van der Waals surface area contributed by atoms with E-state index in [1.807, 2.05) is 4.90 Å². The van der Waals surface area contributed by atoms with E-state index in [9.17, 15) is 23.3 Å². The van der Waals surface area contributed by atoms with E-state index < -0.39 is 20.9 Å². The molecule has 1 amide bonds. The molecule has 1 aliphatic rings. The van der Waals surface area contributed by atoms with Crippen LogP contribution < -0.4 is 20.3 Å². The summed E-state index contributed by atoms with van der Waals surface area (Å²) in [5.41, 5.74) is 2.23. The van der Waals surface area contributed by atoms with Gasteiger partial charge >= 0.3 is 0 Å². The highest BCUT2D eigenvalue weighted by molar-refractivity contribution is 7.92. The van der Waals surface area contributed by atoms with Crippen molar-refractivity contribution in [1.29, 1.82) is 0 Å². The van der Waals surface area contributed by atoms with Gasteiger partial charge in [0.05, 0.1) is 21.1 Å². The van der Waals surface area contributed by atoms with Crippen molar-refractivity contribution in [2.24, 2.45) is 0 Å². The Kier molecular flexibility index (Phi) is 7.83. The Labute approximate surface area is 224 Å². The zero-order valence-electron chi connectivity index (χ0n) is 20.6. The Morgan fingerprint density at radius 1 is 1.03 bits per heavy atom. The summed E-state index contributed by atoms with van der Waals surface area (Å²) >= 11 is 5.25. The van der Waals surface area contributed by atoms with E-state index in [1.54, 1.807) is 26.0 Å². The van der Waals surface area contributed by atoms with Gasteiger partial charge in [-0.05, 0) is 75.3 Å². The van der Waals surface area contributed by atoms with Crippen molar-refractivity contribution in [3.63, 3.8) is 0 Å². The first-order valence-electron chi connectivity index (χ1n) is 11.6. The normalized spacial score (nSPS) is 13.2. The Morgan fingerprint density at radius 2 is 1.66 bits per heavy atom. The number of aryl methyl sites for hydroxylation is 2. The van der Waals surface area contributed by atoms with Crippen LogP contribution in [0.4, 0.5) is 23.0 Å². The molecule has 0 bridgehead atoms. The van der Waals surface area contributed by atoms with Gasteiger partial charge in [0.2, 0.25) is 5.95 Å². The summed E-state index contributed by atoms with van der Waals surface area (Å²) in [6.45, 7) is 4.97. The maximum Gasteiger partial charge on any atom is 0.270 e. The Morgan fingerprint density at radius 3 is 2.26 bits per heavy atom. The molecular formula is C24H25N7O5S2. The highest BCUT2D eigenvalue weighted by atomic mass is 32.2. The number of hydrogen-bond acceptors (Lipinski definition) is 9. The third-order valence-electron chi connectivity index (χ3n) is 5.74. The van der Waals surface area contributed by atoms with Gasteiger partial charge < -0.3 is 10.2 Å². The van der Waals surface area contributed by atoms with Crippen molar-refractivity contribution in [2.75, 3.05) is 28.0 Å². The summed E-state index contributed by atoms with van der Waals surface area (Å²) in [6, 6.07) is 11.6. The van der Waals surface area contributed by atoms with Crippen LogP contribution in [-0.4, -0.2) is 47.4 Å². The first-order chi connectivity index (χ1) is 18.0. The molecule has 3 aromatic rings. The molecule has 1 fully saturated rings. The lowest BCUT2D eigenvalue weighted by atomic mass is 10.1. The summed E-state index contributed by atoms with van der Waals surface area (Å²) in [5.74, 6) is -0.618. The number of anilines is 3. The molecule has 38 heavy (non-hydrogen) atoms. The predicted octanol–water partition coefficient (Wildman–Crippen LogP) is 3.53. The third-order valence-corrected chi connectivity index (χ3v) is 7.29. The smallest absolute Gasteiger partial charge is 0.270 e. The summed E-state index contributed by atoms with van der Waals surface area (Å²) < 4.78 is 27.8. The highest BCUT2D eigenvalue weighted by Gasteiger charge is 2.23. The van der Waals surface area contributed by atoms with E-state index in [2.05, 4.69) is 25.3 Å². The average Bonchev–Trinajstić information content (AvgIpc) is 3.38. The summed E-state index contributed by atoms with van der Waals surface area (Å²) in [5, 5.41) is 16.6. The van der Waals surface area contributed by atoms with Crippen molar-refractivity contribution in [1.82, 2.24) is 15.3 Å². The third kappa shape index (κ3) is 6.39. The number of rotatable bonds is 7. The van der Waals surface area contributed by atoms with Crippen molar-refractivity contribution in [3.05, 3.63) is 75.6 Å². The molecular weight excluding hydrogens is 530 g/mol. The predicted molar refractivity (Wildman–Crippen MR) is 147 cm³/mol. The second-order valence-corrected chi connectivity index (χ2v) is 10.8. The largest absolute Gasteiger partial charge is 0.371 e. The van der Waals surface area contributed by atoms with Gasteiger partial charge in [0, 0.05) is 42.3 Å². The van der Waals surface area contributed by atoms with E-state index in [-0.39, 0.29) is 27.2 Å². The molecule has 0 atom stereocenters. The first-order valence-corrected chi connectivity index (χ1v) is 13.5.